The molecule has 2 unspecified atom stereocenters. The molecule has 0 bridgehead atoms. The Morgan fingerprint density at radius 3 is 3.00 bits per heavy atom. The van der Waals surface area contributed by atoms with Crippen LogP contribution in [0.3, 0.4) is 0 Å². The summed E-state index contributed by atoms with van der Waals surface area (Å²) in [6.07, 6.45) is 4.79. The van der Waals surface area contributed by atoms with Gasteiger partial charge >= 0.3 is 0 Å². The van der Waals surface area contributed by atoms with Gasteiger partial charge in [0.2, 0.25) is 5.91 Å². The van der Waals surface area contributed by atoms with Crippen LogP contribution < -0.4 is 16.2 Å². The summed E-state index contributed by atoms with van der Waals surface area (Å²) >= 11 is 0. The van der Waals surface area contributed by atoms with Gasteiger partial charge < -0.3 is 15.2 Å². The Kier molecular flexibility index (Phi) is 4.95. The first-order valence-corrected chi connectivity index (χ1v) is 7.36. The van der Waals surface area contributed by atoms with E-state index in [1.54, 1.807) is 16.8 Å². The van der Waals surface area contributed by atoms with Gasteiger partial charge in [0, 0.05) is 18.8 Å². The number of anilines is 1. The van der Waals surface area contributed by atoms with Crippen molar-refractivity contribution in [1.82, 2.24) is 9.88 Å². The lowest BCUT2D eigenvalue weighted by atomic mass is 9.92. The molecule has 1 fully saturated rings. The Balaban J connectivity index is 2.07. The van der Waals surface area contributed by atoms with Crippen molar-refractivity contribution < 1.29 is 4.79 Å². The summed E-state index contributed by atoms with van der Waals surface area (Å²) in [4.78, 5) is 23.9. The molecule has 0 aromatic carbocycles. The van der Waals surface area contributed by atoms with Gasteiger partial charge in [-0.2, -0.15) is 0 Å². The summed E-state index contributed by atoms with van der Waals surface area (Å²) in [5.74, 6) is 0.323. The Hall–Kier alpha value is -1.62. The number of nitrogens with one attached hydrogen (secondary N) is 2. The minimum absolute atomic E-state index is 0.0149. The van der Waals surface area contributed by atoms with E-state index in [0.29, 0.717) is 18.2 Å². The van der Waals surface area contributed by atoms with Crippen LogP contribution in [0, 0.1) is 5.92 Å². The molecular formula is C15H23N3O2. The van der Waals surface area contributed by atoms with E-state index in [0.717, 1.165) is 25.8 Å². The molecule has 1 saturated heterocycles. The molecule has 20 heavy (non-hydrogen) atoms. The lowest BCUT2D eigenvalue weighted by Gasteiger charge is -2.28. The molecule has 2 rings (SSSR count). The average Bonchev–Trinajstić information content (AvgIpc) is 2.43. The fourth-order valence-electron chi connectivity index (χ4n) is 2.64. The van der Waals surface area contributed by atoms with Crippen LogP contribution in [0.4, 0.5) is 5.69 Å². The second kappa shape index (κ2) is 6.70. The molecule has 0 aliphatic carbocycles. The molecule has 0 radical (unpaired) electrons. The summed E-state index contributed by atoms with van der Waals surface area (Å²) in [6.45, 7) is 5.66. The van der Waals surface area contributed by atoms with Gasteiger partial charge in [-0.1, -0.05) is 13.8 Å². The largest absolute Gasteiger partial charge is 0.323 e. The van der Waals surface area contributed by atoms with Gasteiger partial charge in [0.15, 0.2) is 0 Å². The van der Waals surface area contributed by atoms with Crippen molar-refractivity contribution in [2.24, 2.45) is 5.92 Å². The number of hydrogen-bond donors (Lipinski definition) is 2. The van der Waals surface area contributed by atoms with E-state index in [2.05, 4.69) is 17.6 Å². The number of aryl methyl sites for hydroxylation is 1. The van der Waals surface area contributed by atoms with Crippen LogP contribution in [0.2, 0.25) is 0 Å². The van der Waals surface area contributed by atoms with Crippen molar-refractivity contribution in [1.29, 1.82) is 0 Å². The fraction of sp³-hybridized carbons (Fsp3) is 0.600. The van der Waals surface area contributed by atoms with E-state index in [1.165, 1.54) is 6.07 Å². The van der Waals surface area contributed by atoms with E-state index in [-0.39, 0.29) is 17.5 Å². The molecule has 0 saturated carbocycles. The van der Waals surface area contributed by atoms with Gasteiger partial charge in [-0.25, -0.2) is 0 Å². The molecule has 5 heteroatoms. The smallest absolute Gasteiger partial charge is 0.250 e. The molecule has 1 aromatic heterocycles. The monoisotopic (exact) mass is 277 g/mol. The third kappa shape index (κ3) is 3.48. The zero-order valence-corrected chi connectivity index (χ0v) is 12.2. The molecule has 1 aliphatic rings. The molecule has 110 valence electrons. The fourth-order valence-corrected chi connectivity index (χ4v) is 2.64. The van der Waals surface area contributed by atoms with Crippen molar-refractivity contribution in [3.8, 4) is 0 Å². The zero-order valence-electron chi connectivity index (χ0n) is 12.2. The summed E-state index contributed by atoms with van der Waals surface area (Å²) in [6, 6.07) is 3.03. The topological polar surface area (TPSA) is 63.1 Å². The Morgan fingerprint density at radius 2 is 2.30 bits per heavy atom. The first-order valence-electron chi connectivity index (χ1n) is 7.36. The lowest BCUT2D eigenvalue weighted by Crippen LogP contribution is -2.48. The number of hydrogen-bond acceptors (Lipinski definition) is 3. The number of nitrogens with zero attached hydrogens (tertiary/aromatic N) is 1. The summed E-state index contributed by atoms with van der Waals surface area (Å²) in [5.41, 5.74) is 0.650. The minimum Gasteiger partial charge on any atom is -0.323 e. The quantitative estimate of drug-likeness (QED) is 0.878. The van der Waals surface area contributed by atoms with Gasteiger partial charge in [0.1, 0.15) is 0 Å². The van der Waals surface area contributed by atoms with Gasteiger partial charge in [-0.15, -0.1) is 0 Å². The van der Waals surface area contributed by atoms with Crippen LogP contribution in [-0.2, 0) is 11.3 Å². The van der Waals surface area contributed by atoms with Crippen LogP contribution in [0.5, 0.6) is 0 Å². The minimum atomic E-state index is -0.143. The van der Waals surface area contributed by atoms with E-state index in [4.69, 9.17) is 0 Å². The predicted molar refractivity (Wildman–Crippen MR) is 79.8 cm³/mol. The number of rotatable bonds is 4. The van der Waals surface area contributed by atoms with Gasteiger partial charge in [0.05, 0.1) is 11.7 Å². The number of piperidine rings is 1. The summed E-state index contributed by atoms with van der Waals surface area (Å²) in [5, 5.41) is 6.17. The maximum atomic E-state index is 12.3. The van der Waals surface area contributed by atoms with Gasteiger partial charge in [0.25, 0.3) is 5.56 Å². The van der Waals surface area contributed by atoms with E-state index in [1.807, 2.05) is 6.92 Å². The molecule has 2 heterocycles. The standard InChI is InChI=1S/C15H23N3O2/c1-3-9-18-10-12(6-7-13(18)19)17-15(20)14-11(2)5-4-8-16-14/h6-7,10-11,14,16H,3-5,8-9H2,1-2H3,(H,17,20). The Morgan fingerprint density at radius 1 is 1.50 bits per heavy atom. The SMILES string of the molecule is CCCn1cc(NC(=O)C2NCCCC2C)ccc1=O. The van der Waals surface area contributed by atoms with Crippen LogP contribution in [0.25, 0.3) is 0 Å². The summed E-state index contributed by atoms with van der Waals surface area (Å²) < 4.78 is 1.63. The lowest BCUT2D eigenvalue weighted by molar-refractivity contribution is -0.119. The summed E-state index contributed by atoms with van der Waals surface area (Å²) in [7, 11) is 0. The second-order valence-electron chi connectivity index (χ2n) is 5.49. The van der Waals surface area contributed by atoms with E-state index in [9.17, 15) is 9.59 Å². The number of carbonyl (C=O) groups is 1. The van der Waals surface area contributed by atoms with E-state index >= 15 is 0 Å². The highest BCUT2D eigenvalue weighted by Crippen LogP contribution is 2.17. The third-order valence-corrected chi connectivity index (χ3v) is 3.77. The van der Waals surface area contributed by atoms with Crippen molar-refractivity contribution >= 4 is 11.6 Å². The maximum absolute atomic E-state index is 12.3. The normalized spacial score (nSPS) is 22.5. The molecule has 2 atom stereocenters. The first kappa shape index (κ1) is 14.8. The van der Waals surface area contributed by atoms with Crippen LogP contribution in [0.15, 0.2) is 23.1 Å². The number of carbonyl (C=O) groups excluding carboxylic acids is 1. The predicted octanol–water partition coefficient (Wildman–Crippen LogP) is 1.58. The van der Waals surface area contributed by atoms with Gasteiger partial charge in [-0.05, 0) is 37.8 Å². The molecular weight excluding hydrogens is 254 g/mol. The van der Waals surface area contributed by atoms with Gasteiger partial charge in [-0.3, -0.25) is 9.59 Å². The van der Waals surface area contributed by atoms with Crippen LogP contribution >= 0.6 is 0 Å². The maximum Gasteiger partial charge on any atom is 0.250 e. The number of pyridine rings is 1. The van der Waals surface area contributed by atoms with Crippen LogP contribution in [-0.4, -0.2) is 23.1 Å². The molecule has 1 aliphatic heterocycles. The molecule has 0 spiro atoms. The third-order valence-electron chi connectivity index (χ3n) is 3.77. The number of amides is 1. The number of aromatic nitrogens is 1. The Labute approximate surface area is 119 Å². The molecule has 5 nitrogen and oxygen atoms in total. The first-order chi connectivity index (χ1) is 9.61. The molecule has 2 N–H and O–H groups in total. The Bertz CT molecular complexity index is 524. The average molecular weight is 277 g/mol. The van der Waals surface area contributed by atoms with Crippen molar-refractivity contribution in [3.05, 3.63) is 28.7 Å². The van der Waals surface area contributed by atoms with Crippen LogP contribution in [0.1, 0.15) is 33.1 Å². The highest BCUT2D eigenvalue weighted by atomic mass is 16.2. The zero-order chi connectivity index (χ0) is 14.5. The van der Waals surface area contributed by atoms with Crippen molar-refractivity contribution in [3.63, 3.8) is 0 Å². The molecule has 1 aromatic rings. The highest BCUT2D eigenvalue weighted by Gasteiger charge is 2.27. The van der Waals surface area contributed by atoms with E-state index < -0.39 is 0 Å². The van der Waals surface area contributed by atoms with Crippen molar-refractivity contribution in [2.45, 2.75) is 45.7 Å². The highest BCUT2D eigenvalue weighted by molar-refractivity contribution is 5.94. The molecule has 1 amide bonds. The van der Waals surface area contributed by atoms with Crippen molar-refractivity contribution in [2.75, 3.05) is 11.9 Å². The second-order valence-corrected chi connectivity index (χ2v) is 5.49.